The Hall–Kier alpha value is -1.52. The minimum atomic E-state index is -1.02. The Kier molecular flexibility index (Phi) is 6.25. The highest BCUT2D eigenvalue weighted by atomic mass is 16.4. The van der Waals surface area contributed by atoms with E-state index in [1.165, 1.54) is 24.2 Å². The van der Waals surface area contributed by atoms with Gasteiger partial charge in [0, 0.05) is 13.1 Å². The number of carbonyl (C=O) groups is 2. The van der Waals surface area contributed by atoms with Crippen LogP contribution in [0.4, 0.5) is 4.79 Å². The summed E-state index contributed by atoms with van der Waals surface area (Å²) in [5, 5.41) is 11.6. The summed E-state index contributed by atoms with van der Waals surface area (Å²) in [6, 6.07) is -0.490. The number of hydrogen-bond acceptors (Lipinski definition) is 2. The molecule has 1 fully saturated rings. The molecule has 18 heavy (non-hydrogen) atoms. The van der Waals surface area contributed by atoms with E-state index >= 15 is 0 Å². The lowest BCUT2D eigenvalue weighted by molar-refractivity contribution is -0.132. The van der Waals surface area contributed by atoms with Crippen LogP contribution in [-0.2, 0) is 4.79 Å². The average Bonchev–Trinajstić information content (AvgIpc) is 2.34. The fourth-order valence-electron chi connectivity index (χ4n) is 1.87. The molecule has 2 N–H and O–H groups in total. The first-order valence-electron chi connectivity index (χ1n) is 6.59. The molecule has 1 aliphatic rings. The molecular weight excluding hydrogens is 232 g/mol. The van der Waals surface area contributed by atoms with Gasteiger partial charge in [0.25, 0.3) is 0 Å². The molecule has 0 radical (unpaired) electrons. The topological polar surface area (TPSA) is 69.6 Å². The molecule has 0 saturated carbocycles. The van der Waals surface area contributed by atoms with Crippen molar-refractivity contribution >= 4 is 12.0 Å². The van der Waals surface area contributed by atoms with Crippen LogP contribution < -0.4 is 5.32 Å². The fourth-order valence-corrected chi connectivity index (χ4v) is 1.87. The summed E-state index contributed by atoms with van der Waals surface area (Å²) in [6.07, 6.45) is 8.41. The molecule has 1 aliphatic heterocycles. The van der Waals surface area contributed by atoms with Gasteiger partial charge in [0.1, 0.15) is 6.04 Å². The number of carboxylic acid groups (broad SMARTS) is 1. The number of nitrogens with zero attached hydrogens (tertiary/aromatic N) is 1. The Balaban J connectivity index is 2.22. The lowest BCUT2D eigenvalue weighted by atomic mass is 10.1. The number of nitrogens with one attached hydrogen (secondary N) is 1. The van der Waals surface area contributed by atoms with Gasteiger partial charge < -0.3 is 10.4 Å². The Morgan fingerprint density at radius 3 is 2.67 bits per heavy atom. The second-order valence-electron chi connectivity index (χ2n) is 4.49. The van der Waals surface area contributed by atoms with Gasteiger partial charge in [-0.3, -0.25) is 9.69 Å². The third-order valence-corrected chi connectivity index (χ3v) is 3.07. The molecule has 5 heteroatoms. The van der Waals surface area contributed by atoms with Gasteiger partial charge in [-0.25, -0.2) is 4.79 Å². The van der Waals surface area contributed by atoms with E-state index in [1.54, 1.807) is 0 Å². The van der Waals surface area contributed by atoms with Gasteiger partial charge in [-0.15, -0.1) is 0 Å². The lowest BCUT2D eigenvalue weighted by Gasteiger charge is -2.34. The molecule has 2 amide bonds. The maximum absolute atomic E-state index is 11.1. The van der Waals surface area contributed by atoms with Crippen molar-refractivity contribution < 1.29 is 14.7 Å². The Labute approximate surface area is 108 Å². The fraction of sp³-hybridized carbons (Fsp3) is 0.692. The van der Waals surface area contributed by atoms with Crippen molar-refractivity contribution in [3.63, 3.8) is 0 Å². The van der Waals surface area contributed by atoms with Gasteiger partial charge in [0.15, 0.2) is 0 Å². The molecule has 0 aliphatic carbocycles. The van der Waals surface area contributed by atoms with E-state index in [2.05, 4.69) is 18.3 Å². The van der Waals surface area contributed by atoms with Crippen molar-refractivity contribution in [1.82, 2.24) is 10.2 Å². The third kappa shape index (κ3) is 4.39. The number of carbonyl (C=O) groups excluding carboxylic acids is 1. The quantitative estimate of drug-likeness (QED) is 0.395. The smallest absolute Gasteiger partial charge is 0.408 e. The van der Waals surface area contributed by atoms with Crippen molar-refractivity contribution in [2.45, 2.75) is 45.1 Å². The van der Waals surface area contributed by atoms with Crippen LogP contribution in [0, 0.1) is 0 Å². The minimum absolute atomic E-state index is 0.190. The number of amides is 2. The first-order chi connectivity index (χ1) is 8.66. The van der Waals surface area contributed by atoms with Crippen molar-refractivity contribution in [3.8, 4) is 0 Å². The Bertz CT molecular complexity index is 315. The highest BCUT2D eigenvalue weighted by Gasteiger charge is 2.35. The van der Waals surface area contributed by atoms with Crippen molar-refractivity contribution in [2.24, 2.45) is 0 Å². The van der Waals surface area contributed by atoms with E-state index in [1.807, 2.05) is 6.08 Å². The molecule has 0 bridgehead atoms. The summed E-state index contributed by atoms with van der Waals surface area (Å²) in [5.74, 6) is -0.190. The zero-order valence-electron chi connectivity index (χ0n) is 10.9. The number of allylic oxidation sites excluding steroid dienone is 1. The summed E-state index contributed by atoms with van der Waals surface area (Å²) in [4.78, 5) is 23.4. The number of rotatable bonds is 8. The van der Waals surface area contributed by atoms with Gasteiger partial charge in [0.2, 0.25) is 5.91 Å². The Morgan fingerprint density at radius 2 is 2.17 bits per heavy atom. The molecule has 5 nitrogen and oxygen atoms in total. The Morgan fingerprint density at radius 1 is 1.44 bits per heavy atom. The minimum Gasteiger partial charge on any atom is -0.465 e. The molecule has 0 aromatic heterocycles. The van der Waals surface area contributed by atoms with E-state index in [0.29, 0.717) is 19.5 Å². The van der Waals surface area contributed by atoms with Gasteiger partial charge in [-0.05, 0) is 19.3 Å². The van der Waals surface area contributed by atoms with Gasteiger partial charge in [0.05, 0.1) is 0 Å². The zero-order valence-corrected chi connectivity index (χ0v) is 10.9. The number of unbranched alkanes of at least 4 members (excludes halogenated alkanes) is 3. The largest absolute Gasteiger partial charge is 0.465 e. The highest BCUT2D eigenvalue weighted by molar-refractivity contribution is 5.90. The van der Waals surface area contributed by atoms with Gasteiger partial charge in [-0.1, -0.05) is 31.9 Å². The zero-order chi connectivity index (χ0) is 13.4. The van der Waals surface area contributed by atoms with Crippen LogP contribution in [-0.4, -0.2) is 41.1 Å². The summed E-state index contributed by atoms with van der Waals surface area (Å²) in [7, 11) is 0. The van der Waals surface area contributed by atoms with Crippen LogP contribution in [0.2, 0.25) is 0 Å². The van der Waals surface area contributed by atoms with Crippen LogP contribution >= 0.6 is 0 Å². The summed E-state index contributed by atoms with van der Waals surface area (Å²) in [5.41, 5.74) is 0. The van der Waals surface area contributed by atoms with Gasteiger partial charge >= 0.3 is 6.09 Å². The summed E-state index contributed by atoms with van der Waals surface area (Å²) >= 11 is 0. The second-order valence-corrected chi connectivity index (χ2v) is 4.49. The van der Waals surface area contributed by atoms with Crippen LogP contribution in [0.3, 0.4) is 0 Å². The van der Waals surface area contributed by atoms with E-state index < -0.39 is 12.1 Å². The lowest BCUT2D eigenvalue weighted by Crippen LogP contribution is -2.63. The highest BCUT2D eigenvalue weighted by Crippen LogP contribution is 2.08. The summed E-state index contributed by atoms with van der Waals surface area (Å²) in [6.45, 7) is 2.99. The van der Waals surface area contributed by atoms with Crippen LogP contribution in [0.25, 0.3) is 0 Å². The van der Waals surface area contributed by atoms with E-state index in [9.17, 15) is 9.59 Å². The standard InChI is InChI=1S/C13H22N2O3/c1-2-3-4-5-6-7-8-9-15(13(17)18)11-10-14-12(11)16/h6-7,11H,2-5,8-10H2,1H3,(H,14,16)(H,17,18)/b7-6+/t11-/m0/s1. The second kappa shape index (κ2) is 7.74. The summed E-state index contributed by atoms with van der Waals surface area (Å²) < 4.78 is 0. The van der Waals surface area contributed by atoms with Crippen LogP contribution in [0.15, 0.2) is 12.2 Å². The van der Waals surface area contributed by atoms with Crippen molar-refractivity contribution in [3.05, 3.63) is 12.2 Å². The molecule has 1 saturated heterocycles. The molecule has 0 aromatic rings. The van der Waals surface area contributed by atoms with Crippen LogP contribution in [0.5, 0.6) is 0 Å². The SMILES string of the molecule is CCCCC/C=C/CCN(C(=O)O)[C@H]1CNC1=O. The van der Waals surface area contributed by atoms with E-state index in [0.717, 1.165) is 6.42 Å². The third-order valence-electron chi connectivity index (χ3n) is 3.07. The first-order valence-corrected chi connectivity index (χ1v) is 6.59. The predicted molar refractivity (Wildman–Crippen MR) is 69.4 cm³/mol. The van der Waals surface area contributed by atoms with Crippen molar-refractivity contribution in [2.75, 3.05) is 13.1 Å². The normalized spacial score (nSPS) is 18.5. The maximum Gasteiger partial charge on any atom is 0.408 e. The maximum atomic E-state index is 11.1. The predicted octanol–water partition coefficient (Wildman–Crippen LogP) is 1.99. The molecule has 1 heterocycles. The van der Waals surface area contributed by atoms with E-state index in [4.69, 9.17) is 5.11 Å². The molecule has 0 unspecified atom stereocenters. The molecular formula is C13H22N2O3. The average molecular weight is 254 g/mol. The number of hydrogen-bond donors (Lipinski definition) is 2. The molecule has 0 aromatic carbocycles. The molecule has 1 atom stereocenters. The van der Waals surface area contributed by atoms with Crippen molar-refractivity contribution in [1.29, 1.82) is 0 Å². The molecule has 0 spiro atoms. The number of β-lactam (4-membered cyclic amide) rings is 1. The molecule has 1 rings (SSSR count). The van der Waals surface area contributed by atoms with Gasteiger partial charge in [-0.2, -0.15) is 0 Å². The monoisotopic (exact) mass is 254 g/mol. The van der Waals surface area contributed by atoms with Crippen LogP contribution in [0.1, 0.15) is 39.0 Å². The van der Waals surface area contributed by atoms with E-state index in [-0.39, 0.29) is 5.91 Å². The first kappa shape index (κ1) is 14.5. The molecule has 102 valence electrons.